The lowest BCUT2D eigenvalue weighted by atomic mass is 9.96. The average Bonchev–Trinajstić information content (AvgIpc) is 3.88. The molecule has 3 aromatic heterocycles. The third-order valence-electron chi connectivity index (χ3n) is 10.7. The van der Waals surface area contributed by atoms with E-state index in [1.54, 1.807) is 31.1 Å². The first-order valence-electron chi connectivity index (χ1n) is 19.4. The first kappa shape index (κ1) is 37.4. The maximum absolute atomic E-state index is 11.9. The van der Waals surface area contributed by atoms with Crippen LogP contribution in [0, 0.1) is 12.8 Å². The second kappa shape index (κ2) is 17.5. The summed E-state index contributed by atoms with van der Waals surface area (Å²) in [5, 5.41) is 16.7. The van der Waals surface area contributed by atoms with Gasteiger partial charge in [-0.25, -0.2) is 14.5 Å². The van der Waals surface area contributed by atoms with Crippen LogP contribution < -0.4 is 24.0 Å². The van der Waals surface area contributed by atoms with Crippen LogP contribution >= 0.6 is 0 Å². The van der Waals surface area contributed by atoms with E-state index in [0.29, 0.717) is 42.4 Å². The van der Waals surface area contributed by atoms with Crippen molar-refractivity contribution in [1.29, 1.82) is 0 Å². The van der Waals surface area contributed by atoms with Gasteiger partial charge in [0, 0.05) is 44.5 Å². The van der Waals surface area contributed by atoms with Gasteiger partial charge in [0.1, 0.15) is 23.4 Å². The molecule has 7 rings (SSSR count). The van der Waals surface area contributed by atoms with E-state index in [1.165, 1.54) is 45.3 Å². The van der Waals surface area contributed by atoms with Crippen LogP contribution in [0.15, 0.2) is 67.0 Å². The van der Waals surface area contributed by atoms with Gasteiger partial charge in [0.05, 0.1) is 32.7 Å². The van der Waals surface area contributed by atoms with Crippen molar-refractivity contribution in [3.05, 3.63) is 94.9 Å². The van der Waals surface area contributed by atoms with Crippen LogP contribution in [0.25, 0.3) is 5.65 Å². The summed E-state index contributed by atoms with van der Waals surface area (Å²) < 4.78 is 18.6. The molecule has 0 saturated carbocycles. The minimum absolute atomic E-state index is 0.227. The second-order valence-corrected chi connectivity index (χ2v) is 14.6. The number of aliphatic hydroxyl groups excluding tert-OH is 1. The first-order chi connectivity index (χ1) is 26.4. The number of hydrogen-bond donors (Lipinski definition) is 1. The van der Waals surface area contributed by atoms with E-state index in [1.807, 2.05) is 54.6 Å². The van der Waals surface area contributed by atoms with Crippen molar-refractivity contribution in [2.75, 3.05) is 63.4 Å². The lowest BCUT2D eigenvalue weighted by molar-refractivity contribution is 0.211. The van der Waals surface area contributed by atoms with Crippen molar-refractivity contribution < 1.29 is 19.3 Å². The van der Waals surface area contributed by atoms with Crippen molar-refractivity contribution in [3.8, 4) is 17.5 Å². The van der Waals surface area contributed by atoms with E-state index in [4.69, 9.17) is 34.3 Å². The van der Waals surface area contributed by atoms with Crippen LogP contribution in [0.2, 0.25) is 0 Å². The van der Waals surface area contributed by atoms with Gasteiger partial charge in [-0.05, 0) is 105 Å². The maximum Gasteiger partial charge on any atom is 0.336 e. The fraction of sp³-hybridized carbons (Fsp3) is 0.476. The Balaban J connectivity index is 1.18. The molecule has 12 nitrogen and oxygen atoms in total. The molecule has 1 atom stereocenters. The quantitative estimate of drug-likeness (QED) is 0.110. The molecule has 1 N–H and O–H groups in total. The molecule has 2 saturated heterocycles. The number of aryl methyl sites for hydroxylation is 1. The number of rotatable bonds is 16. The summed E-state index contributed by atoms with van der Waals surface area (Å²) in [5.74, 6) is 3.92. The lowest BCUT2D eigenvalue weighted by Crippen LogP contribution is -2.38. The van der Waals surface area contributed by atoms with Crippen LogP contribution in [0.5, 0.6) is 17.5 Å². The molecule has 12 heteroatoms. The highest BCUT2D eigenvalue weighted by atomic mass is 16.5. The molecule has 2 fully saturated rings. The standard InChI is InChI=1S/C42H54N8O4/c1-5-6-23-54-42-45-41(49(28-31-9-13-35(52-3)14-10-31)29-32-11-15-36(53-4)16-12-32)40-44-26-37(50(40)46-42)38(51)34-24-30(2)39(43-25-34)48-21-17-33(18-22-48)27-47-19-7-8-20-47/h9-16,24-26,33,38,51H,5-8,17-23,27-29H2,1-4H3. The van der Waals surface area contributed by atoms with Gasteiger partial charge < -0.3 is 34.0 Å². The maximum atomic E-state index is 11.9. The number of benzene rings is 2. The Bertz CT molecular complexity index is 1900. The number of likely N-dealkylation sites (tertiary alicyclic amines) is 1. The van der Waals surface area contributed by atoms with Gasteiger partial charge in [-0.1, -0.05) is 37.6 Å². The molecular weight excluding hydrogens is 681 g/mol. The molecular formula is C42H54N8O4. The van der Waals surface area contributed by atoms with E-state index in [0.717, 1.165) is 65.9 Å². The van der Waals surface area contributed by atoms with Crippen LogP contribution in [-0.2, 0) is 13.1 Å². The number of aromatic nitrogens is 5. The Morgan fingerprint density at radius 3 is 2.11 bits per heavy atom. The highest BCUT2D eigenvalue weighted by molar-refractivity contribution is 5.65. The van der Waals surface area contributed by atoms with Crippen molar-refractivity contribution in [2.24, 2.45) is 5.92 Å². The minimum Gasteiger partial charge on any atom is -0.497 e. The number of unbranched alkanes of at least 4 members (excludes halogenated alkanes) is 1. The van der Waals surface area contributed by atoms with Gasteiger partial charge in [-0.15, -0.1) is 5.10 Å². The fourth-order valence-corrected chi connectivity index (χ4v) is 7.64. The van der Waals surface area contributed by atoms with Gasteiger partial charge in [0.15, 0.2) is 11.5 Å². The number of methoxy groups -OCH3 is 2. The van der Waals surface area contributed by atoms with E-state index >= 15 is 0 Å². The first-order valence-corrected chi connectivity index (χ1v) is 19.4. The molecule has 0 aliphatic carbocycles. The number of pyridine rings is 1. The van der Waals surface area contributed by atoms with Gasteiger partial charge in [0.25, 0.3) is 0 Å². The normalized spacial score (nSPS) is 15.8. The Morgan fingerprint density at radius 2 is 1.52 bits per heavy atom. The average molecular weight is 735 g/mol. The smallest absolute Gasteiger partial charge is 0.336 e. The molecule has 0 bridgehead atoms. The summed E-state index contributed by atoms with van der Waals surface area (Å²) in [7, 11) is 3.33. The van der Waals surface area contributed by atoms with Gasteiger partial charge >= 0.3 is 6.01 Å². The molecule has 2 aliphatic rings. The SMILES string of the molecule is CCCCOc1nc(N(Cc2ccc(OC)cc2)Cc2ccc(OC)cc2)c2ncc(C(O)c3cnc(N4CCC(CN5CCCC5)CC4)c(C)c3)n2n1. The highest BCUT2D eigenvalue weighted by Gasteiger charge is 2.27. The van der Waals surface area contributed by atoms with Crippen LogP contribution in [-0.4, -0.2) is 88.1 Å². The van der Waals surface area contributed by atoms with E-state index in [-0.39, 0.29) is 6.01 Å². The topological polar surface area (TPSA) is 114 Å². The number of aliphatic hydroxyl groups is 1. The second-order valence-electron chi connectivity index (χ2n) is 14.6. The summed E-state index contributed by atoms with van der Waals surface area (Å²) >= 11 is 0. The lowest BCUT2D eigenvalue weighted by Gasteiger charge is -2.35. The number of ether oxygens (including phenoxy) is 3. The molecule has 5 aromatic rings. The summed E-state index contributed by atoms with van der Waals surface area (Å²) in [5.41, 5.74) is 4.90. The Labute approximate surface area is 318 Å². The molecule has 2 aliphatic heterocycles. The Kier molecular flexibility index (Phi) is 12.1. The number of nitrogens with zero attached hydrogens (tertiary/aromatic N) is 8. The number of fused-ring (bicyclic) bond motifs is 1. The zero-order valence-corrected chi connectivity index (χ0v) is 32.2. The Hall–Kier alpha value is -4.94. The predicted octanol–water partition coefficient (Wildman–Crippen LogP) is 6.62. The monoisotopic (exact) mass is 734 g/mol. The molecule has 2 aromatic carbocycles. The summed E-state index contributed by atoms with van der Waals surface area (Å²) in [6, 6.07) is 18.3. The zero-order valence-electron chi connectivity index (χ0n) is 32.2. The van der Waals surface area contributed by atoms with Gasteiger partial charge in [-0.2, -0.15) is 4.98 Å². The van der Waals surface area contributed by atoms with Gasteiger partial charge in [0.2, 0.25) is 0 Å². The van der Waals surface area contributed by atoms with Crippen LogP contribution in [0.3, 0.4) is 0 Å². The number of anilines is 2. The predicted molar refractivity (Wildman–Crippen MR) is 211 cm³/mol. The third kappa shape index (κ3) is 8.71. The van der Waals surface area contributed by atoms with E-state index in [9.17, 15) is 5.11 Å². The number of imidazole rings is 1. The number of piperidine rings is 1. The van der Waals surface area contributed by atoms with Crippen molar-refractivity contribution in [1.82, 2.24) is 29.5 Å². The third-order valence-corrected chi connectivity index (χ3v) is 10.7. The Morgan fingerprint density at radius 1 is 0.870 bits per heavy atom. The summed E-state index contributed by atoms with van der Waals surface area (Å²) in [4.78, 5) is 21.9. The van der Waals surface area contributed by atoms with Crippen molar-refractivity contribution in [3.63, 3.8) is 0 Å². The van der Waals surface area contributed by atoms with Crippen molar-refractivity contribution in [2.45, 2.75) is 71.6 Å². The molecule has 1 unspecified atom stereocenters. The summed E-state index contributed by atoms with van der Waals surface area (Å²) in [6.07, 6.45) is 9.34. The highest BCUT2D eigenvalue weighted by Crippen LogP contribution is 2.32. The van der Waals surface area contributed by atoms with Gasteiger partial charge in [-0.3, -0.25) is 0 Å². The van der Waals surface area contributed by atoms with Crippen LogP contribution in [0.1, 0.15) is 79.5 Å². The largest absolute Gasteiger partial charge is 0.497 e. The molecule has 54 heavy (non-hydrogen) atoms. The molecule has 5 heterocycles. The molecule has 286 valence electrons. The summed E-state index contributed by atoms with van der Waals surface area (Å²) in [6.45, 7) is 11.5. The zero-order chi connectivity index (χ0) is 37.4. The van der Waals surface area contributed by atoms with Crippen molar-refractivity contribution >= 4 is 17.3 Å². The number of hydrogen-bond acceptors (Lipinski definition) is 11. The van der Waals surface area contributed by atoms with Crippen LogP contribution in [0.4, 0.5) is 11.6 Å². The fourth-order valence-electron chi connectivity index (χ4n) is 7.64. The molecule has 0 amide bonds. The minimum atomic E-state index is -1.02. The van der Waals surface area contributed by atoms with E-state index in [2.05, 4.69) is 28.5 Å². The van der Waals surface area contributed by atoms with E-state index < -0.39 is 6.10 Å². The molecule has 0 spiro atoms. The molecule has 0 radical (unpaired) electrons.